The predicted molar refractivity (Wildman–Crippen MR) is 52.1 cm³/mol. The molecule has 66 valence electrons. The molecule has 0 unspecified atom stereocenters. The first-order valence-electron chi connectivity index (χ1n) is 4.74. The van der Waals surface area contributed by atoms with E-state index in [1.807, 2.05) is 47.4 Å². The Balaban J connectivity index is 2.05. The van der Waals surface area contributed by atoms with E-state index in [2.05, 4.69) is 6.67 Å². The van der Waals surface area contributed by atoms with E-state index in [9.17, 15) is 0 Å². The minimum absolute atomic E-state index is 0.581. The van der Waals surface area contributed by atoms with Crippen molar-refractivity contribution in [2.75, 3.05) is 7.05 Å². The van der Waals surface area contributed by atoms with Crippen LogP contribution in [0.3, 0.4) is 0 Å². The van der Waals surface area contributed by atoms with Crippen LogP contribution in [0.25, 0.3) is 0 Å². The maximum absolute atomic E-state index is 7.69. The lowest BCUT2D eigenvalue weighted by Gasteiger charge is -2.15. The van der Waals surface area contributed by atoms with Crippen LogP contribution >= 0.6 is 0 Å². The largest absolute Gasteiger partial charge is 0.349 e. The Hall–Kier alpha value is -1.44. The van der Waals surface area contributed by atoms with E-state index in [1.54, 1.807) is 6.07 Å². The molecule has 0 aliphatic carbocycles. The van der Waals surface area contributed by atoms with Gasteiger partial charge in [0, 0.05) is 26.0 Å². The summed E-state index contributed by atoms with van der Waals surface area (Å²) in [5.74, 6) is 0. The van der Waals surface area contributed by atoms with Crippen LogP contribution in [-0.4, -0.2) is 16.8 Å². The zero-order chi connectivity index (χ0) is 9.97. The maximum atomic E-state index is 7.69. The van der Waals surface area contributed by atoms with Crippen LogP contribution in [0.4, 0.5) is 0 Å². The Bertz CT molecular complexity index is 349. The van der Waals surface area contributed by atoms with Gasteiger partial charge in [-0.05, 0) is 5.56 Å². The van der Waals surface area contributed by atoms with Gasteiger partial charge in [0.15, 0.2) is 0 Å². The molecule has 0 spiro atoms. The summed E-state index contributed by atoms with van der Waals surface area (Å²) in [6, 6.07) is 8.19. The van der Waals surface area contributed by atoms with Gasteiger partial charge in [-0.25, -0.2) is 0 Å². The van der Waals surface area contributed by atoms with Crippen LogP contribution in [-0.2, 0) is 6.54 Å². The highest BCUT2D eigenvalue weighted by molar-refractivity contribution is 5.15. The summed E-state index contributed by atoms with van der Waals surface area (Å²) >= 11 is 0. The lowest BCUT2D eigenvalue weighted by atomic mass is 10.2. The van der Waals surface area contributed by atoms with Crippen molar-refractivity contribution in [3.63, 3.8) is 0 Å². The smallest absolute Gasteiger partial charge is 0.207 e. The Morgan fingerprint density at radius 2 is 2.31 bits per heavy atom. The zero-order valence-electron chi connectivity index (χ0n) is 8.57. The van der Waals surface area contributed by atoms with Crippen molar-refractivity contribution in [2.24, 2.45) is 0 Å². The number of nitrogens with zero attached hydrogens (tertiary/aromatic N) is 2. The second-order valence-electron chi connectivity index (χ2n) is 3.02. The monoisotopic (exact) mass is 173 g/mol. The van der Waals surface area contributed by atoms with Gasteiger partial charge in [-0.3, -0.25) is 0 Å². The van der Waals surface area contributed by atoms with Gasteiger partial charge < -0.3 is 9.80 Å². The molecule has 1 aromatic rings. The average Bonchev–Trinajstić information content (AvgIpc) is 2.56. The SMILES string of the molecule is [2H]c1ccccc1CN1[C]N(C)C=C1. The normalized spacial score (nSPS) is 16.5. The molecule has 2 heteroatoms. The van der Waals surface area contributed by atoms with Crippen LogP contribution in [0.5, 0.6) is 0 Å². The first kappa shape index (κ1) is 7.01. The molecule has 1 heterocycles. The average molecular weight is 173 g/mol. The van der Waals surface area contributed by atoms with Crippen LogP contribution in [0.15, 0.2) is 42.7 Å². The summed E-state index contributed by atoms with van der Waals surface area (Å²) in [5.41, 5.74) is 1.01. The van der Waals surface area contributed by atoms with E-state index in [0.717, 1.165) is 5.56 Å². The summed E-state index contributed by atoms with van der Waals surface area (Å²) in [7, 11) is 1.93. The third kappa shape index (κ3) is 2.02. The fourth-order valence-corrected chi connectivity index (χ4v) is 1.25. The Labute approximate surface area is 80.5 Å². The van der Waals surface area contributed by atoms with Gasteiger partial charge in [0.2, 0.25) is 6.67 Å². The highest BCUT2D eigenvalue weighted by Crippen LogP contribution is 2.12. The summed E-state index contributed by atoms with van der Waals surface area (Å²) in [5, 5.41) is 0. The van der Waals surface area contributed by atoms with Crippen LogP contribution < -0.4 is 0 Å². The standard InChI is InChI=1S/C11H12N2/c1-12-7-8-13(10-12)9-11-5-3-2-4-6-11/h2-8H,9H2,1H3/i5D. The first-order valence-corrected chi connectivity index (χ1v) is 4.24. The number of hydrogen-bond acceptors (Lipinski definition) is 2. The van der Waals surface area contributed by atoms with E-state index in [4.69, 9.17) is 1.37 Å². The van der Waals surface area contributed by atoms with Gasteiger partial charge in [0.05, 0.1) is 1.37 Å². The topological polar surface area (TPSA) is 6.48 Å². The van der Waals surface area contributed by atoms with Crippen molar-refractivity contribution >= 4 is 0 Å². The van der Waals surface area contributed by atoms with Gasteiger partial charge in [-0.2, -0.15) is 0 Å². The van der Waals surface area contributed by atoms with E-state index < -0.39 is 0 Å². The number of benzene rings is 1. The Morgan fingerprint density at radius 1 is 1.38 bits per heavy atom. The van der Waals surface area contributed by atoms with Crippen LogP contribution in [0, 0.1) is 6.67 Å². The van der Waals surface area contributed by atoms with Crippen LogP contribution in [0.2, 0.25) is 0 Å². The quantitative estimate of drug-likeness (QED) is 0.674. The van der Waals surface area contributed by atoms with Gasteiger partial charge in [-0.1, -0.05) is 30.3 Å². The Morgan fingerprint density at radius 3 is 3.00 bits per heavy atom. The Kier molecular flexibility index (Phi) is 1.90. The molecule has 1 aliphatic rings. The first-order chi connectivity index (χ1) is 6.75. The predicted octanol–water partition coefficient (Wildman–Crippen LogP) is 1.90. The third-order valence-corrected chi connectivity index (χ3v) is 1.87. The maximum Gasteiger partial charge on any atom is 0.207 e. The molecule has 0 atom stereocenters. The molecule has 0 saturated carbocycles. The second kappa shape index (κ2) is 3.52. The molecule has 2 nitrogen and oxygen atoms in total. The minimum atomic E-state index is 0.581. The van der Waals surface area contributed by atoms with Gasteiger partial charge in [0.25, 0.3) is 0 Å². The van der Waals surface area contributed by atoms with E-state index in [1.165, 1.54) is 0 Å². The minimum Gasteiger partial charge on any atom is -0.349 e. The second-order valence-corrected chi connectivity index (χ2v) is 3.02. The molecule has 0 N–H and O–H groups in total. The molecule has 1 aromatic carbocycles. The fraction of sp³-hybridized carbons (Fsp3) is 0.182. The molecular weight excluding hydrogens is 160 g/mol. The van der Waals surface area contributed by atoms with E-state index >= 15 is 0 Å². The van der Waals surface area contributed by atoms with Gasteiger partial charge >= 0.3 is 0 Å². The molecule has 13 heavy (non-hydrogen) atoms. The molecule has 0 fully saturated rings. The molecule has 0 saturated heterocycles. The lowest BCUT2D eigenvalue weighted by Crippen LogP contribution is -2.15. The molecule has 2 rings (SSSR count). The zero-order valence-corrected chi connectivity index (χ0v) is 7.57. The van der Waals surface area contributed by atoms with Crippen molar-refractivity contribution in [3.05, 3.63) is 54.9 Å². The number of hydrogen-bond donors (Lipinski definition) is 0. The summed E-state index contributed by atoms with van der Waals surface area (Å²) in [6.45, 7) is 3.81. The molecule has 1 aliphatic heterocycles. The highest BCUT2D eigenvalue weighted by Gasteiger charge is 2.10. The van der Waals surface area contributed by atoms with Crippen molar-refractivity contribution in [1.29, 1.82) is 0 Å². The van der Waals surface area contributed by atoms with Crippen molar-refractivity contribution in [1.82, 2.24) is 9.80 Å². The molecule has 0 aromatic heterocycles. The van der Waals surface area contributed by atoms with Crippen molar-refractivity contribution in [2.45, 2.75) is 6.54 Å². The summed E-state index contributed by atoms with van der Waals surface area (Å²) < 4.78 is 7.69. The van der Waals surface area contributed by atoms with E-state index in [0.29, 0.717) is 12.6 Å². The summed E-state index contributed by atoms with van der Waals surface area (Å²) in [4.78, 5) is 3.81. The number of rotatable bonds is 2. The molecule has 0 amide bonds. The molecule has 2 radical (unpaired) electrons. The lowest BCUT2D eigenvalue weighted by molar-refractivity contribution is 0.374. The van der Waals surface area contributed by atoms with Gasteiger partial charge in [-0.15, -0.1) is 0 Å². The van der Waals surface area contributed by atoms with Crippen molar-refractivity contribution in [3.8, 4) is 0 Å². The third-order valence-electron chi connectivity index (χ3n) is 1.87. The van der Waals surface area contributed by atoms with Gasteiger partial charge in [0.1, 0.15) is 0 Å². The summed E-state index contributed by atoms with van der Waals surface area (Å²) in [6.07, 6.45) is 3.89. The molecule has 0 bridgehead atoms. The fourth-order valence-electron chi connectivity index (χ4n) is 1.25. The van der Waals surface area contributed by atoms with Crippen LogP contribution in [0.1, 0.15) is 6.93 Å². The highest BCUT2D eigenvalue weighted by atomic mass is 15.3. The van der Waals surface area contributed by atoms with Crippen molar-refractivity contribution < 1.29 is 1.37 Å². The molecular formula is C11H12N2. The van der Waals surface area contributed by atoms with E-state index in [-0.39, 0.29) is 0 Å².